The van der Waals surface area contributed by atoms with E-state index in [4.69, 9.17) is 10.5 Å². The summed E-state index contributed by atoms with van der Waals surface area (Å²) >= 11 is 0. The summed E-state index contributed by atoms with van der Waals surface area (Å²) in [5.74, 6) is 0.268. The van der Waals surface area contributed by atoms with Crippen LogP contribution in [0.1, 0.15) is 35.3 Å². The predicted molar refractivity (Wildman–Crippen MR) is 136 cm³/mol. The van der Waals surface area contributed by atoms with Crippen LogP contribution >= 0.6 is 0 Å². The number of Topliss-reactive ketones (excluding diaryl/α,β-unsaturated/α-hetero) is 1. The van der Waals surface area contributed by atoms with E-state index in [1.165, 1.54) is 0 Å². The summed E-state index contributed by atoms with van der Waals surface area (Å²) in [6.45, 7) is 3.18. The van der Waals surface area contributed by atoms with Crippen LogP contribution in [0.15, 0.2) is 78.9 Å². The van der Waals surface area contributed by atoms with E-state index in [1.54, 1.807) is 24.3 Å². The largest absolute Gasteiger partial charge is 0.494 e. The van der Waals surface area contributed by atoms with E-state index in [-0.39, 0.29) is 18.7 Å². The summed E-state index contributed by atoms with van der Waals surface area (Å²) in [5.41, 5.74) is 9.00. The van der Waals surface area contributed by atoms with Gasteiger partial charge in [0.05, 0.1) is 13.2 Å². The quantitative estimate of drug-likeness (QED) is 0.302. The second-order valence-corrected chi connectivity index (χ2v) is 8.24. The molecule has 0 aliphatic carbocycles. The molecule has 0 aliphatic rings. The Balaban J connectivity index is 1.63. The Labute approximate surface area is 206 Å². The van der Waals surface area contributed by atoms with Crippen LogP contribution in [-0.4, -0.2) is 36.0 Å². The van der Waals surface area contributed by atoms with Crippen molar-refractivity contribution in [2.75, 3.05) is 13.2 Å². The maximum atomic E-state index is 13.0. The van der Waals surface area contributed by atoms with Crippen molar-refractivity contribution in [1.82, 2.24) is 10.6 Å². The highest BCUT2D eigenvalue weighted by Crippen LogP contribution is 2.17. The normalized spacial score (nSPS) is 12.5. The molecule has 1 amide bonds. The number of ether oxygens (including phenoxy) is 1. The SMILES string of the molecule is CCOc1ccc(CC(=O)CN[C@H](C(=O)NCc2ccc(CN)cc2)[C@@H](O)c2ccccc2)cc1. The first-order valence-corrected chi connectivity index (χ1v) is 11.8. The smallest absolute Gasteiger partial charge is 0.240 e. The Morgan fingerprint density at radius 2 is 1.54 bits per heavy atom. The summed E-state index contributed by atoms with van der Waals surface area (Å²) in [5, 5.41) is 16.8. The topological polar surface area (TPSA) is 114 Å². The lowest BCUT2D eigenvalue weighted by atomic mass is 10.0. The lowest BCUT2D eigenvalue weighted by Gasteiger charge is -2.24. The van der Waals surface area contributed by atoms with Crippen molar-refractivity contribution in [3.05, 3.63) is 101 Å². The van der Waals surface area contributed by atoms with Gasteiger partial charge in [-0.1, -0.05) is 66.7 Å². The highest BCUT2D eigenvalue weighted by atomic mass is 16.5. The summed E-state index contributed by atoms with van der Waals surface area (Å²) in [4.78, 5) is 25.7. The predicted octanol–water partition coefficient (Wildman–Crippen LogP) is 2.66. The molecule has 0 aromatic heterocycles. The zero-order valence-electron chi connectivity index (χ0n) is 19.9. The molecule has 7 nitrogen and oxygen atoms in total. The zero-order valence-corrected chi connectivity index (χ0v) is 19.9. The molecule has 5 N–H and O–H groups in total. The summed E-state index contributed by atoms with van der Waals surface area (Å²) in [7, 11) is 0. The van der Waals surface area contributed by atoms with E-state index in [9.17, 15) is 14.7 Å². The lowest BCUT2D eigenvalue weighted by molar-refractivity contribution is -0.126. The second-order valence-electron chi connectivity index (χ2n) is 8.24. The lowest BCUT2D eigenvalue weighted by Crippen LogP contribution is -2.49. The van der Waals surface area contributed by atoms with Gasteiger partial charge < -0.3 is 20.9 Å². The molecule has 0 radical (unpaired) electrons. The molecule has 0 bridgehead atoms. The number of nitrogens with two attached hydrogens (primary N) is 1. The number of aliphatic hydroxyl groups is 1. The molecule has 0 spiro atoms. The number of nitrogens with one attached hydrogen (secondary N) is 2. The molecule has 3 aromatic carbocycles. The fourth-order valence-electron chi connectivity index (χ4n) is 3.67. The van der Waals surface area contributed by atoms with Crippen molar-refractivity contribution in [3.8, 4) is 5.75 Å². The van der Waals surface area contributed by atoms with Crippen LogP contribution < -0.4 is 21.1 Å². The van der Waals surface area contributed by atoms with E-state index in [0.717, 1.165) is 22.4 Å². The van der Waals surface area contributed by atoms with E-state index in [0.29, 0.717) is 25.3 Å². The van der Waals surface area contributed by atoms with Gasteiger partial charge in [0.2, 0.25) is 5.91 Å². The summed E-state index contributed by atoms with van der Waals surface area (Å²) in [6.07, 6.45) is -0.906. The van der Waals surface area contributed by atoms with Crippen molar-refractivity contribution in [2.24, 2.45) is 5.73 Å². The number of carbonyl (C=O) groups is 2. The van der Waals surface area contributed by atoms with Gasteiger partial charge in [-0.25, -0.2) is 0 Å². The number of hydrogen-bond acceptors (Lipinski definition) is 6. The van der Waals surface area contributed by atoms with Crippen LogP contribution in [0.25, 0.3) is 0 Å². The number of ketones is 1. The summed E-state index contributed by atoms with van der Waals surface area (Å²) in [6, 6.07) is 22.9. The van der Waals surface area contributed by atoms with Gasteiger partial charge in [-0.15, -0.1) is 0 Å². The molecular weight excluding hydrogens is 442 g/mol. The first-order chi connectivity index (χ1) is 17.0. The third-order valence-electron chi connectivity index (χ3n) is 5.62. The van der Waals surface area contributed by atoms with Gasteiger partial charge >= 0.3 is 0 Å². The molecule has 2 atom stereocenters. The number of benzene rings is 3. The Morgan fingerprint density at radius 3 is 2.17 bits per heavy atom. The van der Waals surface area contributed by atoms with E-state index >= 15 is 0 Å². The number of carbonyl (C=O) groups excluding carboxylic acids is 2. The standard InChI is InChI=1S/C28H33N3O4/c1-2-35-25-14-12-20(13-15-25)16-24(32)19-30-26(27(33)23-6-4-3-5-7-23)28(34)31-18-22-10-8-21(17-29)9-11-22/h3-15,26-27,30,33H,2,16-19,29H2,1H3,(H,31,34)/t26-,27-/m0/s1. The van der Waals surface area contributed by atoms with E-state index in [1.807, 2.05) is 61.5 Å². The van der Waals surface area contributed by atoms with E-state index < -0.39 is 18.1 Å². The van der Waals surface area contributed by atoms with Gasteiger partial charge in [0, 0.05) is 19.5 Å². The molecule has 0 saturated heterocycles. The van der Waals surface area contributed by atoms with Crippen molar-refractivity contribution in [2.45, 2.75) is 38.6 Å². The van der Waals surface area contributed by atoms with Crippen LogP contribution in [-0.2, 0) is 29.1 Å². The van der Waals surface area contributed by atoms with Crippen molar-refractivity contribution < 1.29 is 19.4 Å². The minimum atomic E-state index is -1.12. The fraction of sp³-hybridized carbons (Fsp3) is 0.286. The average Bonchev–Trinajstić information content (AvgIpc) is 2.89. The van der Waals surface area contributed by atoms with Crippen molar-refractivity contribution >= 4 is 11.7 Å². The van der Waals surface area contributed by atoms with Crippen molar-refractivity contribution in [3.63, 3.8) is 0 Å². The third kappa shape index (κ3) is 8.03. The number of hydrogen-bond donors (Lipinski definition) is 4. The van der Waals surface area contributed by atoms with Crippen LogP contribution in [0.3, 0.4) is 0 Å². The fourth-order valence-corrected chi connectivity index (χ4v) is 3.67. The van der Waals surface area contributed by atoms with Crippen LogP contribution in [0.4, 0.5) is 0 Å². The Bertz CT molecular complexity index is 1070. The van der Waals surface area contributed by atoms with Gasteiger partial charge in [-0.05, 0) is 41.3 Å². The van der Waals surface area contributed by atoms with Gasteiger partial charge in [0.25, 0.3) is 0 Å². The van der Waals surface area contributed by atoms with Crippen molar-refractivity contribution in [1.29, 1.82) is 0 Å². The molecule has 184 valence electrons. The number of rotatable bonds is 13. The highest BCUT2D eigenvalue weighted by molar-refractivity contribution is 5.86. The minimum Gasteiger partial charge on any atom is -0.494 e. The van der Waals surface area contributed by atoms with Gasteiger partial charge in [-0.2, -0.15) is 0 Å². The van der Waals surface area contributed by atoms with E-state index in [2.05, 4.69) is 10.6 Å². The maximum Gasteiger partial charge on any atom is 0.240 e. The first-order valence-electron chi connectivity index (χ1n) is 11.8. The molecular formula is C28H33N3O4. The van der Waals surface area contributed by atoms with Gasteiger partial charge in [-0.3, -0.25) is 14.9 Å². The summed E-state index contributed by atoms with van der Waals surface area (Å²) < 4.78 is 5.43. The average molecular weight is 476 g/mol. The number of aliphatic hydroxyl groups excluding tert-OH is 1. The maximum absolute atomic E-state index is 13.0. The molecule has 0 saturated carbocycles. The molecule has 35 heavy (non-hydrogen) atoms. The molecule has 0 aliphatic heterocycles. The zero-order chi connectivity index (χ0) is 25.0. The Hall–Kier alpha value is -3.52. The molecule has 0 heterocycles. The molecule has 0 unspecified atom stereocenters. The molecule has 0 fully saturated rings. The number of amides is 1. The van der Waals surface area contributed by atoms with Crippen LogP contribution in [0.2, 0.25) is 0 Å². The first kappa shape index (κ1) is 26.1. The molecule has 3 aromatic rings. The Kier molecular flexibility index (Phi) is 9.98. The van der Waals surface area contributed by atoms with Gasteiger partial charge in [0.15, 0.2) is 5.78 Å². The van der Waals surface area contributed by atoms with Crippen LogP contribution in [0, 0.1) is 0 Å². The minimum absolute atomic E-state index is 0.0552. The Morgan fingerprint density at radius 1 is 0.914 bits per heavy atom. The highest BCUT2D eigenvalue weighted by Gasteiger charge is 2.28. The van der Waals surface area contributed by atoms with Crippen LogP contribution in [0.5, 0.6) is 5.75 Å². The third-order valence-corrected chi connectivity index (χ3v) is 5.62. The molecule has 7 heteroatoms. The monoisotopic (exact) mass is 475 g/mol. The molecule has 3 rings (SSSR count). The second kappa shape index (κ2) is 13.4. The van der Waals surface area contributed by atoms with Gasteiger partial charge in [0.1, 0.15) is 17.9 Å².